The largest absolute Gasteiger partial charge is 0.342 e. The van der Waals surface area contributed by atoms with Crippen molar-refractivity contribution in [2.75, 3.05) is 26.2 Å². The molecule has 5 nitrogen and oxygen atoms in total. The average molecular weight is 407 g/mol. The van der Waals surface area contributed by atoms with E-state index < -0.39 is 10.0 Å². The summed E-state index contributed by atoms with van der Waals surface area (Å²) in [6.07, 6.45) is 5.82. The van der Waals surface area contributed by atoms with E-state index >= 15 is 0 Å². The molecule has 6 heteroatoms. The lowest BCUT2D eigenvalue weighted by molar-refractivity contribution is -0.136. The van der Waals surface area contributed by atoms with Crippen LogP contribution < -0.4 is 0 Å². The van der Waals surface area contributed by atoms with Gasteiger partial charge >= 0.3 is 0 Å². The summed E-state index contributed by atoms with van der Waals surface area (Å²) in [4.78, 5) is 15.2. The van der Waals surface area contributed by atoms with Crippen molar-refractivity contribution in [2.24, 2.45) is 5.92 Å². The third kappa shape index (κ3) is 4.77. The predicted octanol–water partition coefficient (Wildman–Crippen LogP) is 3.79. The smallest absolute Gasteiger partial charge is 0.243 e. The Morgan fingerprint density at radius 1 is 0.893 bits per heavy atom. The molecule has 0 atom stereocenters. The molecule has 1 amide bonds. The van der Waals surface area contributed by atoms with Crippen LogP contribution in [0.5, 0.6) is 0 Å². The van der Waals surface area contributed by atoms with Gasteiger partial charge in [-0.05, 0) is 48.8 Å². The Balaban J connectivity index is 1.62. The van der Waals surface area contributed by atoms with Gasteiger partial charge < -0.3 is 4.90 Å². The van der Waals surface area contributed by atoms with E-state index in [0.29, 0.717) is 30.8 Å². The molecule has 156 valence electrons. The summed E-state index contributed by atoms with van der Waals surface area (Å²) in [7, 11) is -3.50. The molecule has 28 heavy (non-hydrogen) atoms. The van der Waals surface area contributed by atoms with E-state index in [1.165, 1.54) is 12.8 Å². The van der Waals surface area contributed by atoms with Gasteiger partial charge in [-0.2, -0.15) is 4.31 Å². The van der Waals surface area contributed by atoms with Crippen LogP contribution in [0.15, 0.2) is 29.2 Å². The third-order valence-corrected chi connectivity index (χ3v) is 7.99. The molecule has 0 unspecified atom stereocenters. The lowest BCUT2D eigenvalue weighted by Crippen LogP contribution is -2.44. The number of rotatable bonds is 3. The highest BCUT2D eigenvalue weighted by atomic mass is 32.2. The van der Waals surface area contributed by atoms with E-state index in [1.54, 1.807) is 16.4 Å². The first-order valence-corrected chi connectivity index (χ1v) is 12.0. The summed E-state index contributed by atoms with van der Waals surface area (Å²) >= 11 is 0. The van der Waals surface area contributed by atoms with Crippen molar-refractivity contribution in [3.63, 3.8) is 0 Å². The number of hydrogen-bond acceptors (Lipinski definition) is 3. The molecule has 2 heterocycles. The molecule has 2 aliphatic rings. The Hall–Kier alpha value is -1.40. The highest BCUT2D eigenvalue weighted by Gasteiger charge is 2.34. The molecule has 1 aromatic rings. The van der Waals surface area contributed by atoms with Gasteiger partial charge in [-0.1, -0.05) is 45.7 Å². The molecule has 2 aliphatic heterocycles. The van der Waals surface area contributed by atoms with Crippen molar-refractivity contribution in [1.29, 1.82) is 0 Å². The Bertz CT molecular complexity index is 765. The van der Waals surface area contributed by atoms with Crippen molar-refractivity contribution in [3.05, 3.63) is 29.8 Å². The van der Waals surface area contributed by atoms with Gasteiger partial charge in [0.25, 0.3) is 0 Å². The number of benzene rings is 1. The van der Waals surface area contributed by atoms with E-state index in [2.05, 4.69) is 20.8 Å². The summed E-state index contributed by atoms with van der Waals surface area (Å²) in [5, 5.41) is 0. The van der Waals surface area contributed by atoms with Gasteiger partial charge in [-0.15, -0.1) is 0 Å². The number of likely N-dealkylation sites (tertiary alicyclic amines) is 1. The fourth-order valence-electron chi connectivity index (χ4n) is 4.17. The number of hydrogen-bond donors (Lipinski definition) is 0. The fourth-order valence-corrected chi connectivity index (χ4v) is 5.64. The quantitative estimate of drug-likeness (QED) is 0.767. The van der Waals surface area contributed by atoms with Crippen LogP contribution in [0.3, 0.4) is 0 Å². The van der Waals surface area contributed by atoms with Crippen molar-refractivity contribution < 1.29 is 13.2 Å². The van der Waals surface area contributed by atoms with Gasteiger partial charge in [0.15, 0.2) is 0 Å². The monoisotopic (exact) mass is 406 g/mol. The first-order chi connectivity index (χ1) is 13.2. The van der Waals surface area contributed by atoms with E-state index in [1.807, 2.05) is 17.0 Å². The Morgan fingerprint density at radius 2 is 1.43 bits per heavy atom. The maximum absolute atomic E-state index is 13.0. The van der Waals surface area contributed by atoms with Crippen LogP contribution in [0, 0.1) is 5.92 Å². The molecule has 0 radical (unpaired) electrons. The number of carbonyl (C=O) groups is 1. The highest BCUT2D eigenvalue weighted by Crippen LogP contribution is 2.28. The first-order valence-electron chi connectivity index (χ1n) is 10.6. The van der Waals surface area contributed by atoms with Crippen LogP contribution in [0.2, 0.25) is 0 Å². The number of nitrogens with zero attached hydrogens (tertiary/aromatic N) is 2. The standard InChI is InChI=1S/C22H34N2O3S/c1-22(2,3)19-8-10-20(11-9-19)28(26,27)24-16-12-18(13-17-24)21(25)23-14-6-4-5-7-15-23/h8-11,18H,4-7,12-17H2,1-3H3. The highest BCUT2D eigenvalue weighted by molar-refractivity contribution is 7.89. The van der Waals surface area contributed by atoms with Crippen molar-refractivity contribution >= 4 is 15.9 Å². The zero-order valence-corrected chi connectivity index (χ0v) is 18.3. The zero-order valence-electron chi connectivity index (χ0n) is 17.5. The molecule has 3 rings (SSSR count). The number of sulfonamides is 1. The molecule has 0 saturated carbocycles. The molecular formula is C22H34N2O3S. The SMILES string of the molecule is CC(C)(C)c1ccc(S(=O)(=O)N2CCC(C(=O)N3CCCCCC3)CC2)cc1. The van der Waals surface area contributed by atoms with Crippen LogP contribution in [-0.2, 0) is 20.2 Å². The van der Waals surface area contributed by atoms with E-state index in [4.69, 9.17) is 0 Å². The Labute approximate surface area is 170 Å². The van der Waals surface area contributed by atoms with E-state index in [9.17, 15) is 13.2 Å². The minimum atomic E-state index is -3.50. The molecule has 0 spiro atoms. The Morgan fingerprint density at radius 3 is 1.93 bits per heavy atom. The molecule has 2 fully saturated rings. The summed E-state index contributed by atoms with van der Waals surface area (Å²) in [5.74, 6) is 0.196. The van der Waals surface area contributed by atoms with Crippen LogP contribution in [0.25, 0.3) is 0 Å². The van der Waals surface area contributed by atoms with Gasteiger partial charge in [-0.3, -0.25) is 4.79 Å². The van der Waals surface area contributed by atoms with Crippen LogP contribution in [0.1, 0.15) is 64.9 Å². The molecule has 0 aromatic heterocycles. The molecule has 0 bridgehead atoms. The van der Waals surface area contributed by atoms with E-state index in [-0.39, 0.29) is 17.2 Å². The van der Waals surface area contributed by atoms with Crippen LogP contribution in [0.4, 0.5) is 0 Å². The Kier molecular flexibility index (Phi) is 6.50. The maximum Gasteiger partial charge on any atom is 0.243 e. The second-order valence-corrected chi connectivity index (χ2v) is 11.1. The molecule has 0 aliphatic carbocycles. The lowest BCUT2D eigenvalue weighted by atomic mass is 9.87. The molecule has 2 saturated heterocycles. The van der Waals surface area contributed by atoms with Gasteiger partial charge in [0.1, 0.15) is 0 Å². The molecule has 0 N–H and O–H groups in total. The van der Waals surface area contributed by atoms with Crippen molar-refractivity contribution in [2.45, 2.75) is 69.6 Å². The normalized spacial score (nSPS) is 20.8. The maximum atomic E-state index is 13.0. The van der Waals surface area contributed by atoms with Gasteiger partial charge in [0, 0.05) is 32.1 Å². The molecular weight excluding hydrogens is 372 g/mol. The lowest BCUT2D eigenvalue weighted by Gasteiger charge is -2.33. The van der Waals surface area contributed by atoms with Gasteiger partial charge in [-0.25, -0.2) is 8.42 Å². The fraction of sp³-hybridized carbons (Fsp3) is 0.682. The number of carbonyl (C=O) groups excluding carboxylic acids is 1. The van der Waals surface area contributed by atoms with Crippen molar-refractivity contribution in [1.82, 2.24) is 9.21 Å². The third-order valence-electron chi connectivity index (χ3n) is 6.08. The zero-order chi connectivity index (χ0) is 20.4. The van der Waals surface area contributed by atoms with Gasteiger partial charge in [0.2, 0.25) is 15.9 Å². The topological polar surface area (TPSA) is 57.7 Å². The van der Waals surface area contributed by atoms with Crippen LogP contribution in [-0.4, -0.2) is 49.7 Å². The molecule has 1 aromatic carbocycles. The van der Waals surface area contributed by atoms with E-state index in [0.717, 1.165) is 31.5 Å². The summed E-state index contributed by atoms with van der Waals surface area (Å²) in [6.45, 7) is 8.91. The summed E-state index contributed by atoms with van der Waals surface area (Å²) < 4.78 is 27.6. The first kappa shape index (κ1) is 21.3. The second kappa shape index (κ2) is 8.54. The number of piperidine rings is 1. The summed E-state index contributed by atoms with van der Waals surface area (Å²) in [5.41, 5.74) is 1.11. The van der Waals surface area contributed by atoms with Gasteiger partial charge in [0.05, 0.1) is 4.90 Å². The van der Waals surface area contributed by atoms with Crippen LogP contribution >= 0.6 is 0 Å². The summed E-state index contributed by atoms with van der Waals surface area (Å²) in [6, 6.07) is 7.24. The second-order valence-electron chi connectivity index (χ2n) is 9.19. The average Bonchev–Trinajstić information content (AvgIpc) is 2.96. The minimum absolute atomic E-state index is 0.00562. The number of amides is 1. The van der Waals surface area contributed by atoms with Crippen molar-refractivity contribution in [3.8, 4) is 0 Å². The predicted molar refractivity (Wildman–Crippen MR) is 112 cm³/mol. The minimum Gasteiger partial charge on any atom is -0.342 e.